The molecular weight excluding hydrogens is 246 g/mol. The molecule has 0 aliphatic rings. The lowest BCUT2D eigenvalue weighted by Gasteiger charge is -2.16. The molecule has 1 N–H and O–H groups in total. The van der Waals surface area contributed by atoms with E-state index in [-0.39, 0.29) is 0 Å². The van der Waals surface area contributed by atoms with Crippen LogP contribution < -0.4 is 5.32 Å². The molecular formula is C17H23N3. The van der Waals surface area contributed by atoms with Gasteiger partial charge in [-0.2, -0.15) is 0 Å². The summed E-state index contributed by atoms with van der Waals surface area (Å²) in [5, 5.41) is 3.41. The Bertz CT molecular complexity index is 551. The maximum Gasteiger partial charge on any atom is 0.0890 e. The smallest absolute Gasteiger partial charge is 0.0890 e. The fourth-order valence-corrected chi connectivity index (χ4v) is 2.49. The van der Waals surface area contributed by atoms with Gasteiger partial charge in [-0.05, 0) is 44.0 Å². The number of unbranched alkanes of at least 4 members (excludes halogenated alkanes) is 3. The first kappa shape index (κ1) is 14.7. The minimum absolute atomic E-state index is 0.394. The molecule has 0 saturated carbocycles. The fourth-order valence-electron chi connectivity index (χ4n) is 2.49. The van der Waals surface area contributed by atoms with Gasteiger partial charge in [0.2, 0.25) is 0 Å². The average molecular weight is 269 g/mol. The van der Waals surface area contributed by atoms with E-state index in [0.29, 0.717) is 6.04 Å². The van der Waals surface area contributed by atoms with Crippen LogP contribution in [-0.2, 0) is 0 Å². The highest BCUT2D eigenvalue weighted by molar-refractivity contribution is 5.74. The van der Waals surface area contributed by atoms with Crippen LogP contribution in [-0.4, -0.2) is 17.0 Å². The minimum Gasteiger partial charge on any atom is -0.313 e. The molecule has 0 spiro atoms. The molecule has 0 radical (unpaired) electrons. The lowest BCUT2D eigenvalue weighted by molar-refractivity contribution is 0.508. The highest BCUT2D eigenvalue weighted by atomic mass is 14.9. The third kappa shape index (κ3) is 3.87. The molecule has 3 nitrogen and oxygen atoms in total. The molecule has 1 aromatic heterocycles. The average Bonchev–Trinajstić information content (AvgIpc) is 2.50. The van der Waals surface area contributed by atoms with Crippen LogP contribution in [0, 0.1) is 0 Å². The first-order chi connectivity index (χ1) is 9.85. The Morgan fingerprint density at radius 3 is 2.70 bits per heavy atom. The lowest BCUT2D eigenvalue weighted by atomic mass is 9.99. The van der Waals surface area contributed by atoms with E-state index in [1.807, 2.05) is 13.1 Å². The first-order valence-electron chi connectivity index (χ1n) is 7.34. The van der Waals surface area contributed by atoms with Gasteiger partial charge in [0.05, 0.1) is 11.0 Å². The second kappa shape index (κ2) is 7.75. The maximum atomic E-state index is 4.38. The number of hydrogen-bond donors (Lipinski definition) is 1. The molecule has 3 heteroatoms. The minimum atomic E-state index is 0.394. The summed E-state index contributed by atoms with van der Waals surface area (Å²) in [5.41, 5.74) is 3.22. The van der Waals surface area contributed by atoms with Crippen LogP contribution in [0.2, 0.25) is 0 Å². The van der Waals surface area contributed by atoms with Crippen LogP contribution in [0.4, 0.5) is 0 Å². The van der Waals surface area contributed by atoms with E-state index >= 15 is 0 Å². The molecule has 2 rings (SSSR count). The van der Waals surface area contributed by atoms with Gasteiger partial charge in [-0.25, -0.2) is 0 Å². The Balaban J connectivity index is 1.99. The zero-order valence-corrected chi connectivity index (χ0v) is 12.2. The predicted molar refractivity (Wildman–Crippen MR) is 84.6 cm³/mol. The van der Waals surface area contributed by atoms with Gasteiger partial charge in [0.15, 0.2) is 0 Å². The summed E-state index contributed by atoms with van der Waals surface area (Å²) in [6, 6.07) is 6.75. The molecule has 0 fully saturated rings. The van der Waals surface area contributed by atoms with Gasteiger partial charge in [-0.15, -0.1) is 6.58 Å². The van der Waals surface area contributed by atoms with Gasteiger partial charge < -0.3 is 5.32 Å². The van der Waals surface area contributed by atoms with E-state index in [0.717, 1.165) is 23.9 Å². The molecule has 0 saturated heterocycles. The monoisotopic (exact) mass is 269 g/mol. The van der Waals surface area contributed by atoms with Crippen molar-refractivity contribution in [2.24, 2.45) is 0 Å². The SMILES string of the molecule is C=CCCCCCC(NC)c1ccc2nccnc2c1. The lowest BCUT2D eigenvalue weighted by Crippen LogP contribution is -2.16. The Kier molecular flexibility index (Phi) is 5.69. The quantitative estimate of drug-likeness (QED) is 0.581. The molecule has 0 aliphatic carbocycles. The molecule has 20 heavy (non-hydrogen) atoms. The van der Waals surface area contributed by atoms with Crippen molar-refractivity contribution in [2.45, 2.75) is 38.1 Å². The number of nitrogens with one attached hydrogen (secondary N) is 1. The summed E-state index contributed by atoms with van der Waals surface area (Å²) in [6.07, 6.45) is 11.5. The van der Waals surface area contributed by atoms with Gasteiger partial charge in [0.1, 0.15) is 0 Å². The van der Waals surface area contributed by atoms with Crippen molar-refractivity contribution >= 4 is 11.0 Å². The Morgan fingerprint density at radius 1 is 1.15 bits per heavy atom. The second-order valence-corrected chi connectivity index (χ2v) is 5.07. The van der Waals surface area contributed by atoms with E-state index in [4.69, 9.17) is 0 Å². The first-order valence-corrected chi connectivity index (χ1v) is 7.34. The fraction of sp³-hybridized carbons (Fsp3) is 0.412. The van der Waals surface area contributed by atoms with Crippen molar-refractivity contribution < 1.29 is 0 Å². The van der Waals surface area contributed by atoms with Gasteiger partial charge >= 0.3 is 0 Å². The van der Waals surface area contributed by atoms with Crippen molar-refractivity contribution in [3.8, 4) is 0 Å². The standard InChI is InChI=1S/C17H23N3/c1-3-4-5-6-7-8-15(18-2)14-9-10-16-17(13-14)20-12-11-19-16/h3,9-13,15,18H,1,4-8H2,2H3. The summed E-state index contributed by atoms with van der Waals surface area (Å²) in [4.78, 5) is 8.69. The number of nitrogens with zero attached hydrogens (tertiary/aromatic N) is 2. The van der Waals surface area contributed by atoms with Gasteiger partial charge in [0.25, 0.3) is 0 Å². The summed E-state index contributed by atoms with van der Waals surface area (Å²) in [5.74, 6) is 0. The summed E-state index contributed by atoms with van der Waals surface area (Å²) >= 11 is 0. The molecule has 2 aromatic rings. The van der Waals surface area contributed by atoms with Crippen LogP contribution >= 0.6 is 0 Å². The van der Waals surface area contributed by atoms with E-state index in [2.05, 4.69) is 40.1 Å². The van der Waals surface area contributed by atoms with Crippen molar-refractivity contribution in [1.82, 2.24) is 15.3 Å². The highest BCUT2D eigenvalue weighted by Crippen LogP contribution is 2.22. The third-order valence-electron chi connectivity index (χ3n) is 3.65. The zero-order valence-electron chi connectivity index (χ0n) is 12.2. The van der Waals surface area contributed by atoms with E-state index < -0.39 is 0 Å². The van der Waals surface area contributed by atoms with Crippen LogP contribution in [0.3, 0.4) is 0 Å². The number of allylic oxidation sites excluding steroid dienone is 1. The normalized spacial score (nSPS) is 12.4. The molecule has 0 amide bonds. The van der Waals surface area contributed by atoms with Gasteiger partial charge in [-0.3, -0.25) is 9.97 Å². The predicted octanol–water partition coefficient (Wildman–Crippen LogP) is 4.03. The van der Waals surface area contributed by atoms with E-state index in [1.54, 1.807) is 12.4 Å². The number of hydrogen-bond acceptors (Lipinski definition) is 3. The van der Waals surface area contributed by atoms with Crippen molar-refractivity contribution in [3.63, 3.8) is 0 Å². The Labute approximate surface area is 121 Å². The molecule has 106 valence electrons. The molecule has 0 bridgehead atoms. The third-order valence-corrected chi connectivity index (χ3v) is 3.65. The number of fused-ring (bicyclic) bond motifs is 1. The van der Waals surface area contributed by atoms with Gasteiger partial charge in [0, 0.05) is 18.4 Å². The highest BCUT2D eigenvalue weighted by Gasteiger charge is 2.09. The van der Waals surface area contributed by atoms with E-state index in [9.17, 15) is 0 Å². The van der Waals surface area contributed by atoms with E-state index in [1.165, 1.54) is 24.8 Å². The van der Waals surface area contributed by atoms with Crippen molar-refractivity contribution in [1.29, 1.82) is 0 Å². The number of benzene rings is 1. The van der Waals surface area contributed by atoms with Crippen molar-refractivity contribution in [3.05, 3.63) is 48.8 Å². The Hall–Kier alpha value is -1.74. The Morgan fingerprint density at radius 2 is 1.95 bits per heavy atom. The summed E-state index contributed by atoms with van der Waals surface area (Å²) in [7, 11) is 2.02. The largest absolute Gasteiger partial charge is 0.313 e. The van der Waals surface area contributed by atoms with Crippen molar-refractivity contribution in [2.75, 3.05) is 7.05 Å². The zero-order chi connectivity index (χ0) is 14.2. The topological polar surface area (TPSA) is 37.8 Å². The van der Waals surface area contributed by atoms with Gasteiger partial charge in [-0.1, -0.05) is 25.0 Å². The van der Waals surface area contributed by atoms with Crippen LogP contribution in [0.5, 0.6) is 0 Å². The maximum absolute atomic E-state index is 4.38. The second-order valence-electron chi connectivity index (χ2n) is 5.07. The number of aromatic nitrogens is 2. The van der Waals surface area contributed by atoms with Crippen LogP contribution in [0.1, 0.15) is 43.7 Å². The summed E-state index contributed by atoms with van der Waals surface area (Å²) in [6.45, 7) is 3.76. The molecule has 1 unspecified atom stereocenters. The molecule has 1 atom stereocenters. The van der Waals surface area contributed by atoms with Crippen LogP contribution in [0.25, 0.3) is 11.0 Å². The number of rotatable bonds is 8. The summed E-state index contributed by atoms with van der Waals surface area (Å²) < 4.78 is 0. The molecule has 0 aliphatic heterocycles. The molecule has 1 aromatic carbocycles. The van der Waals surface area contributed by atoms with Crippen LogP contribution in [0.15, 0.2) is 43.2 Å². The molecule has 1 heterocycles.